The van der Waals surface area contributed by atoms with Crippen LogP contribution in [0.1, 0.15) is 34.6 Å². The summed E-state index contributed by atoms with van der Waals surface area (Å²) in [4.78, 5) is 23.7. The first-order chi connectivity index (χ1) is 15.2. The molecular formula is C22H23N7O2. The summed E-state index contributed by atoms with van der Waals surface area (Å²) < 4.78 is 5.96. The molecule has 2 aliphatic heterocycles. The zero-order chi connectivity index (χ0) is 20.8. The molecule has 31 heavy (non-hydrogen) atoms. The van der Waals surface area contributed by atoms with Crippen LogP contribution in [-0.2, 0) is 37.0 Å². The van der Waals surface area contributed by atoms with E-state index < -0.39 is 0 Å². The predicted octanol–water partition coefficient (Wildman–Crippen LogP) is 1.45. The van der Waals surface area contributed by atoms with Gasteiger partial charge in [0.2, 0.25) is 11.9 Å². The smallest absolute Gasteiger partial charge is 0.226 e. The number of aromatic nitrogens is 5. The van der Waals surface area contributed by atoms with Crippen molar-refractivity contribution in [1.29, 1.82) is 0 Å². The third-order valence-electron chi connectivity index (χ3n) is 6.35. The fraction of sp³-hybridized carbons (Fsp3) is 0.409. The maximum atomic E-state index is 12.8. The average Bonchev–Trinajstić information content (AvgIpc) is 3.49. The minimum Gasteiger partial charge on any atom is -0.486 e. The number of fused-ring (bicyclic) bond motifs is 3. The molecular weight excluding hydrogens is 394 g/mol. The number of anilines is 1. The van der Waals surface area contributed by atoms with Crippen molar-refractivity contribution in [2.24, 2.45) is 0 Å². The van der Waals surface area contributed by atoms with Crippen LogP contribution >= 0.6 is 0 Å². The Kier molecular flexibility index (Phi) is 4.33. The number of ether oxygens (including phenoxy) is 1. The van der Waals surface area contributed by atoms with E-state index in [1.807, 2.05) is 4.90 Å². The summed E-state index contributed by atoms with van der Waals surface area (Å²) in [6.45, 7) is 1.16. The molecule has 0 saturated heterocycles. The van der Waals surface area contributed by atoms with Gasteiger partial charge in [0.15, 0.2) is 5.75 Å². The Bertz CT molecular complexity index is 1120. The largest absolute Gasteiger partial charge is 0.486 e. The fourth-order valence-corrected chi connectivity index (χ4v) is 4.75. The predicted molar refractivity (Wildman–Crippen MR) is 112 cm³/mol. The first-order valence-electron chi connectivity index (χ1n) is 10.7. The summed E-state index contributed by atoms with van der Waals surface area (Å²) in [6.07, 6.45) is 5.15. The summed E-state index contributed by atoms with van der Waals surface area (Å²) in [5, 5.41) is 14.3. The molecule has 158 valence electrons. The Labute approximate surface area is 179 Å². The molecule has 4 heterocycles. The van der Waals surface area contributed by atoms with Crippen LogP contribution in [0.5, 0.6) is 5.75 Å². The minimum absolute atomic E-state index is 0.0708. The topological polar surface area (TPSA) is 109 Å². The van der Waals surface area contributed by atoms with Crippen LogP contribution in [0.3, 0.4) is 0 Å². The van der Waals surface area contributed by atoms with Crippen LogP contribution < -0.4 is 10.1 Å². The highest BCUT2D eigenvalue weighted by atomic mass is 16.5. The lowest BCUT2D eigenvalue weighted by Crippen LogP contribution is -2.38. The van der Waals surface area contributed by atoms with E-state index >= 15 is 0 Å². The lowest BCUT2D eigenvalue weighted by Gasteiger charge is -2.26. The standard InChI is InChI=1S/C22H23N7O2/c30-21(29-6-5-17-19(12-29)27-28-26-17)10-16-9-18-20(31-16)11-23-22(25-18)24-15-7-13-3-1-2-4-14(13)8-15/h1-4,11,15-16H,5-10,12H2,(H,23,24,25)(H,26,27,28). The third-order valence-corrected chi connectivity index (χ3v) is 6.35. The van der Waals surface area contributed by atoms with E-state index in [-0.39, 0.29) is 12.0 Å². The summed E-state index contributed by atoms with van der Waals surface area (Å²) in [6, 6.07) is 8.83. The molecule has 1 aromatic carbocycles. The molecule has 2 N–H and O–H groups in total. The molecule has 1 amide bonds. The summed E-state index contributed by atoms with van der Waals surface area (Å²) in [5.74, 6) is 1.37. The highest BCUT2D eigenvalue weighted by Gasteiger charge is 2.31. The van der Waals surface area contributed by atoms with Gasteiger partial charge in [0.05, 0.1) is 30.6 Å². The Balaban J connectivity index is 1.07. The summed E-state index contributed by atoms with van der Waals surface area (Å²) in [5.41, 5.74) is 5.44. The normalized spacial score (nSPS) is 19.5. The van der Waals surface area contributed by atoms with Crippen LogP contribution in [0, 0.1) is 0 Å². The highest BCUT2D eigenvalue weighted by Crippen LogP contribution is 2.30. The monoisotopic (exact) mass is 417 g/mol. The van der Waals surface area contributed by atoms with Crippen molar-refractivity contribution < 1.29 is 9.53 Å². The van der Waals surface area contributed by atoms with Gasteiger partial charge < -0.3 is 15.0 Å². The first kappa shape index (κ1) is 18.3. The molecule has 1 aliphatic carbocycles. The maximum absolute atomic E-state index is 12.8. The van der Waals surface area contributed by atoms with Crippen LogP contribution in [-0.4, -0.2) is 54.9 Å². The second kappa shape index (κ2) is 7.33. The molecule has 0 fully saturated rings. The van der Waals surface area contributed by atoms with E-state index in [1.54, 1.807) is 6.20 Å². The van der Waals surface area contributed by atoms with Crippen LogP contribution in [0.2, 0.25) is 0 Å². The molecule has 0 saturated carbocycles. The van der Waals surface area contributed by atoms with E-state index in [2.05, 4.69) is 55.0 Å². The SMILES string of the molecule is O=C(CC1Cc2nc(NC3Cc4ccccc4C3)ncc2O1)N1CCc2n[nH]nc2C1. The molecule has 3 aliphatic rings. The molecule has 0 radical (unpaired) electrons. The highest BCUT2D eigenvalue weighted by molar-refractivity contribution is 5.77. The molecule has 9 nitrogen and oxygen atoms in total. The van der Waals surface area contributed by atoms with Crippen LogP contribution in [0.4, 0.5) is 5.95 Å². The number of carbonyl (C=O) groups is 1. The van der Waals surface area contributed by atoms with Crippen molar-refractivity contribution in [3.63, 3.8) is 0 Å². The fourth-order valence-electron chi connectivity index (χ4n) is 4.75. The number of hydrogen-bond acceptors (Lipinski definition) is 7. The van der Waals surface area contributed by atoms with E-state index in [1.165, 1.54) is 11.1 Å². The number of benzene rings is 1. The molecule has 6 rings (SSSR count). The van der Waals surface area contributed by atoms with Gasteiger partial charge in [-0.15, -0.1) is 0 Å². The number of amides is 1. The number of rotatable bonds is 4. The van der Waals surface area contributed by atoms with Crippen molar-refractivity contribution in [2.75, 3.05) is 11.9 Å². The lowest BCUT2D eigenvalue weighted by atomic mass is 10.1. The molecule has 0 spiro atoms. The third kappa shape index (κ3) is 3.49. The van der Waals surface area contributed by atoms with Gasteiger partial charge in [0, 0.05) is 25.4 Å². The summed E-state index contributed by atoms with van der Waals surface area (Å²) >= 11 is 0. The molecule has 1 unspecified atom stereocenters. The number of aromatic amines is 1. The molecule has 3 aromatic rings. The van der Waals surface area contributed by atoms with Gasteiger partial charge in [-0.2, -0.15) is 15.4 Å². The van der Waals surface area contributed by atoms with Gasteiger partial charge in [-0.25, -0.2) is 9.97 Å². The van der Waals surface area contributed by atoms with Gasteiger partial charge in [0.25, 0.3) is 0 Å². The van der Waals surface area contributed by atoms with Crippen LogP contribution in [0.15, 0.2) is 30.5 Å². The Morgan fingerprint density at radius 1 is 1.13 bits per heavy atom. The van der Waals surface area contributed by atoms with Gasteiger partial charge >= 0.3 is 0 Å². The number of hydrogen-bond donors (Lipinski definition) is 2. The Hall–Kier alpha value is -3.49. The van der Waals surface area contributed by atoms with Gasteiger partial charge in [-0.1, -0.05) is 24.3 Å². The Morgan fingerprint density at radius 3 is 2.77 bits per heavy atom. The first-order valence-corrected chi connectivity index (χ1v) is 10.7. The van der Waals surface area contributed by atoms with Crippen molar-refractivity contribution in [3.05, 3.63) is 58.7 Å². The average molecular weight is 417 g/mol. The van der Waals surface area contributed by atoms with Crippen molar-refractivity contribution in [1.82, 2.24) is 30.3 Å². The van der Waals surface area contributed by atoms with E-state index in [0.717, 1.165) is 36.3 Å². The Morgan fingerprint density at radius 2 is 1.94 bits per heavy atom. The number of nitrogens with one attached hydrogen (secondary N) is 2. The molecule has 0 bridgehead atoms. The van der Waals surface area contributed by atoms with Crippen molar-refractivity contribution in [3.8, 4) is 5.75 Å². The molecule has 9 heteroatoms. The lowest BCUT2D eigenvalue weighted by molar-refractivity contribution is -0.133. The van der Waals surface area contributed by atoms with Crippen LogP contribution in [0.25, 0.3) is 0 Å². The second-order valence-corrected chi connectivity index (χ2v) is 8.45. The quantitative estimate of drug-likeness (QED) is 0.661. The van der Waals surface area contributed by atoms with Crippen molar-refractivity contribution in [2.45, 2.75) is 50.8 Å². The zero-order valence-corrected chi connectivity index (χ0v) is 17.0. The van der Waals surface area contributed by atoms with Gasteiger partial charge in [-0.05, 0) is 24.0 Å². The molecule has 1 atom stereocenters. The van der Waals surface area contributed by atoms with E-state index in [9.17, 15) is 4.79 Å². The van der Waals surface area contributed by atoms with Crippen molar-refractivity contribution >= 4 is 11.9 Å². The maximum Gasteiger partial charge on any atom is 0.226 e. The number of nitrogens with zero attached hydrogens (tertiary/aromatic N) is 5. The summed E-state index contributed by atoms with van der Waals surface area (Å²) in [7, 11) is 0. The van der Waals surface area contributed by atoms with E-state index in [4.69, 9.17) is 4.74 Å². The van der Waals surface area contributed by atoms with Gasteiger partial charge in [0.1, 0.15) is 11.8 Å². The molecule has 2 aromatic heterocycles. The number of H-pyrrole nitrogens is 1. The van der Waals surface area contributed by atoms with Gasteiger partial charge in [-0.3, -0.25) is 4.79 Å². The number of carbonyl (C=O) groups excluding carboxylic acids is 1. The second-order valence-electron chi connectivity index (χ2n) is 8.45. The zero-order valence-electron chi connectivity index (χ0n) is 17.0. The van der Waals surface area contributed by atoms with E-state index in [0.29, 0.717) is 43.7 Å². The minimum atomic E-state index is -0.207.